The Kier molecular flexibility index (Phi) is 5.75. The fourth-order valence-corrected chi connectivity index (χ4v) is 6.14. The second kappa shape index (κ2) is 8.68. The van der Waals surface area contributed by atoms with Crippen molar-refractivity contribution in [2.24, 2.45) is 5.92 Å². The minimum Gasteiger partial charge on any atom is -0.380 e. The number of nitrogens with one attached hydrogen (secondary N) is 1. The summed E-state index contributed by atoms with van der Waals surface area (Å²) in [4.78, 5) is 26.1. The lowest BCUT2D eigenvalue weighted by Crippen LogP contribution is -2.39. The lowest BCUT2D eigenvalue weighted by atomic mass is 9.87. The van der Waals surface area contributed by atoms with Crippen LogP contribution in [0.4, 0.5) is 11.5 Å². The van der Waals surface area contributed by atoms with Gasteiger partial charge in [0.25, 0.3) is 0 Å². The molecule has 0 saturated heterocycles. The minimum absolute atomic E-state index is 0.00442. The third-order valence-electron chi connectivity index (χ3n) is 6.01. The Morgan fingerprint density at radius 3 is 3.09 bits per heavy atom. The van der Waals surface area contributed by atoms with Crippen LogP contribution in [-0.4, -0.2) is 57.2 Å². The number of ether oxygens (including phenoxy) is 1. The topological polar surface area (TPSA) is 93.1 Å². The number of aromatic nitrogens is 4. The maximum atomic E-state index is 13.0. The Hall–Kier alpha value is -2.69. The van der Waals surface area contributed by atoms with Crippen molar-refractivity contribution in [2.75, 3.05) is 26.0 Å². The van der Waals surface area contributed by atoms with E-state index in [0.717, 1.165) is 51.2 Å². The van der Waals surface area contributed by atoms with Gasteiger partial charge in [-0.15, -0.1) is 16.4 Å². The first-order valence-electron chi connectivity index (χ1n) is 10.6. The third kappa shape index (κ3) is 3.94. The number of hydrogen-bond donors (Lipinski definition) is 1. The number of carbonyl (C=O) groups is 1. The van der Waals surface area contributed by atoms with Crippen LogP contribution in [0.5, 0.6) is 0 Å². The van der Waals surface area contributed by atoms with Crippen molar-refractivity contribution < 1.29 is 9.53 Å². The molecule has 0 aliphatic heterocycles. The average molecular weight is 469 g/mol. The van der Waals surface area contributed by atoms with Gasteiger partial charge >= 0.3 is 0 Å². The summed E-state index contributed by atoms with van der Waals surface area (Å²) in [6, 6.07) is 5.99. The van der Waals surface area contributed by atoms with E-state index in [9.17, 15) is 4.79 Å². The summed E-state index contributed by atoms with van der Waals surface area (Å²) >= 11 is 3.05. The number of anilines is 2. The molecule has 1 amide bonds. The van der Waals surface area contributed by atoms with Crippen LogP contribution >= 0.6 is 22.9 Å². The number of methoxy groups -OCH3 is 1. The summed E-state index contributed by atoms with van der Waals surface area (Å²) in [6.07, 6.45) is 4.05. The number of aryl methyl sites for hydroxylation is 1. The number of amides is 1. The van der Waals surface area contributed by atoms with Crippen molar-refractivity contribution >= 4 is 60.7 Å². The molecule has 166 valence electrons. The lowest BCUT2D eigenvalue weighted by Gasteiger charge is -2.28. The summed E-state index contributed by atoms with van der Waals surface area (Å²) in [5.74, 6) is 0.989. The second-order valence-electron chi connectivity index (χ2n) is 8.19. The second-order valence-corrected chi connectivity index (χ2v) is 10.1. The first-order valence-corrected chi connectivity index (χ1v) is 12.1. The normalized spacial score (nSPS) is 16.8. The van der Waals surface area contributed by atoms with E-state index in [-0.39, 0.29) is 17.9 Å². The van der Waals surface area contributed by atoms with Crippen molar-refractivity contribution in [3.05, 3.63) is 35.0 Å². The van der Waals surface area contributed by atoms with Crippen LogP contribution in [-0.2, 0) is 22.4 Å². The summed E-state index contributed by atoms with van der Waals surface area (Å²) < 4.78 is 10.3. The van der Waals surface area contributed by atoms with E-state index >= 15 is 0 Å². The van der Waals surface area contributed by atoms with Gasteiger partial charge in [-0.25, -0.2) is 9.97 Å². The van der Waals surface area contributed by atoms with Gasteiger partial charge in [-0.05, 0) is 61.5 Å². The quantitative estimate of drug-likeness (QED) is 0.456. The van der Waals surface area contributed by atoms with Gasteiger partial charge in [0.2, 0.25) is 5.91 Å². The van der Waals surface area contributed by atoms with Crippen molar-refractivity contribution in [1.29, 1.82) is 0 Å². The first-order chi connectivity index (χ1) is 15.5. The molecule has 10 heteroatoms. The van der Waals surface area contributed by atoms with Crippen molar-refractivity contribution in [2.45, 2.75) is 32.3 Å². The van der Waals surface area contributed by atoms with Gasteiger partial charge in [0.05, 0.1) is 16.2 Å². The van der Waals surface area contributed by atoms with Crippen LogP contribution in [0, 0.1) is 5.92 Å². The zero-order chi connectivity index (χ0) is 22.2. The highest BCUT2D eigenvalue weighted by Gasteiger charge is 2.31. The smallest absolute Gasteiger partial charge is 0.225 e. The highest BCUT2D eigenvalue weighted by Crippen LogP contribution is 2.41. The first kappa shape index (κ1) is 21.2. The summed E-state index contributed by atoms with van der Waals surface area (Å²) in [7, 11) is 3.53. The van der Waals surface area contributed by atoms with E-state index in [0.29, 0.717) is 6.54 Å². The minimum atomic E-state index is -0.00442. The van der Waals surface area contributed by atoms with Gasteiger partial charge in [0, 0.05) is 37.2 Å². The Balaban J connectivity index is 1.40. The van der Waals surface area contributed by atoms with Gasteiger partial charge in [-0.1, -0.05) is 4.49 Å². The van der Waals surface area contributed by atoms with Crippen LogP contribution < -0.4 is 5.32 Å². The Bertz CT molecular complexity index is 1290. The largest absolute Gasteiger partial charge is 0.380 e. The number of rotatable bonds is 6. The van der Waals surface area contributed by atoms with Crippen LogP contribution in [0.25, 0.3) is 20.4 Å². The van der Waals surface area contributed by atoms with E-state index in [1.807, 2.05) is 32.2 Å². The Morgan fingerprint density at radius 2 is 2.25 bits per heavy atom. The lowest BCUT2D eigenvalue weighted by molar-refractivity contribution is -0.135. The molecule has 5 rings (SSSR count). The highest BCUT2D eigenvalue weighted by atomic mass is 32.1. The molecule has 0 unspecified atom stereocenters. The molecule has 3 aromatic heterocycles. The van der Waals surface area contributed by atoms with Crippen LogP contribution in [0.1, 0.15) is 23.8 Å². The fourth-order valence-electron chi connectivity index (χ4n) is 4.27. The van der Waals surface area contributed by atoms with E-state index in [1.54, 1.807) is 29.7 Å². The zero-order valence-electron chi connectivity index (χ0n) is 18.2. The Labute approximate surface area is 193 Å². The van der Waals surface area contributed by atoms with Crippen molar-refractivity contribution in [1.82, 2.24) is 24.5 Å². The SMILES string of the molecule is CO[C@H](C)CN(C)C(=O)[C@H]1CCc2c(sc3ncnc(Nc4ccc5nnsc5c4)c23)C1. The molecular formula is C22H24N6O2S2. The molecule has 1 aromatic carbocycles. The van der Waals surface area contributed by atoms with Crippen molar-refractivity contribution in [3.8, 4) is 0 Å². The van der Waals surface area contributed by atoms with Gasteiger partial charge in [0.15, 0.2) is 0 Å². The standard InChI is InChI=1S/C22H24N6O2S2/c1-12(30-3)10-28(2)22(29)13-4-6-15-17(8-13)31-21-19(15)20(23-11-24-21)25-14-5-7-16-18(9-14)32-27-26-16/h5,7,9,11-13H,4,6,8,10H2,1-3H3,(H,23,24,25)/t12-,13+/m1/s1. The number of likely N-dealkylation sites (N-methyl/N-ethyl adjacent to an activating group) is 1. The maximum absolute atomic E-state index is 13.0. The monoisotopic (exact) mass is 468 g/mol. The molecule has 4 aromatic rings. The van der Waals surface area contributed by atoms with Gasteiger partial charge in [-0.3, -0.25) is 4.79 Å². The molecule has 0 fully saturated rings. The number of carbonyl (C=O) groups excluding carboxylic acids is 1. The number of benzene rings is 1. The molecule has 0 saturated carbocycles. The summed E-state index contributed by atoms with van der Waals surface area (Å²) in [5, 5.41) is 8.63. The molecular weight excluding hydrogens is 444 g/mol. The summed E-state index contributed by atoms with van der Waals surface area (Å²) in [5.41, 5.74) is 3.11. The summed E-state index contributed by atoms with van der Waals surface area (Å²) in [6.45, 7) is 2.58. The molecule has 1 N–H and O–H groups in total. The number of thiophene rings is 1. The van der Waals surface area contributed by atoms with E-state index in [4.69, 9.17) is 4.74 Å². The van der Waals surface area contributed by atoms with Crippen LogP contribution in [0.15, 0.2) is 24.5 Å². The Morgan fingerprint density at radius 1 is 1.38 bits per heavy atom. The molecule has 1 aliphatic carbocycles. The van der Waals surface area contributed by atoms with Crippen molar-refractivity contribution in [3.63, 3.8) is 0 Å². The zero-order valence-corrected chi connectivity index (χ0v) is 19.8. The van der Waals surface area contributed by atoms with E-state index < -0.39 is 0 Å². The average Bonchev–Trinajstić information content (AvgIpc) is 3.42. The van der Waals surface area contributed by atoms with Gasteiger partial charge in [0.1, 0.15) is 22.5 Å². The maximum Gasteiger partial charge on any atom is 0.225 e. The predicted molar refractivity (Wildman–Crippen MR) is 128 cm³/mol. The molecule has 8 nitrogen and oxygen atoms in total. The van der Waals surface area contributed by atoms with Gasteiger partial charge < -0.3 is 15.0 Å². The van der Waals surface area contributed by atoms with Crippen LogP contribution in [0.2, 0.25) is 0 Å². The van der Waals surface area contributed by atoms with E-state index in [2.05, 4.69) is 24.9 Å². The van der Waals surface area contributed by atoms with Gasteiger partial charge in [-0.2, -0.15) is 0 Å². The molecule has 1 aliphatic rings. The highest BCUT2D eigenvalue weighted by molar-refractivity contribution is 7.19. The number of fused-ring (bicyclic) bond motifs is 4. The molecule has 32 heavy (non-hydrogen) atoms. The molecule has 2 atom stereocenters. The molecule has 0 spiro atoms. The number of hydrogen-bond acceptors (Lipinski definition) is 9. The molecule has 0 bridgehead atoms. The predicted octanol–water partition coefficient (Wildman–Crippen LogP) is 4.04. The molecule has 0 radical (unpaired) electrons. The number of nitrogens with zero attached hydrogens (tertiary/aromatic N) is 5. The molecule has 3 heterocycles. The van der Waals surface area contributed by atoms with E-state index in [1.165, 1.54) is 22.0 Å². The van der Waals surface area contributed by atoms with Crippen LogP contribution in [0.3, 0.4) is 0 Å². The fraction of sp³-hybridized carbons (Fsp3) is 0.409. The third-order valence-corrected chi connectivity index (χ3v) is 7.86.